The number of carbonyl (C=O) groups is 2. The quantitative estimate of drug-likeness (QED) is 0.806. The van der Waals surface area contributed by atoms with Crippen molar-refractivity contribution in [3.63, 3.8) is 0 Å². The fraction of sp³-hybridized carbons (Fsp3) is 0.357. The van der Waals surface area contributed by atoms with Gasteiger partial charge in [0.05, 0.1) is 5.69 Å². The standard InChI is InChI=1S/C14H14N2O2S2/c17-12-5-6-13(18)16(12)7-8-19-14-15-11-4-2-1-3-10(11)9-20-14/h1-4H,5-9H2. The summed E-state index contributed by atoms with van der Waals surface area (Å²) >= 11 is 3.33. The largest absolute Gasteiger partial charge is 0.282 e. The Bertz CT molecular complexity index is 570. The number of para-hydroxylation sites is 1. The summed E-state index contributed by atoms with van der Waals surface area (Å²) in [7, 11) is 0. The minimum Gasteiger partial charge on any atom is -0.282 e. The van der Waals surface area contributed by atoms with Gasteiger partial charge in [-0.2, -0.15) is 0 Å². The maximum absolute atomic E-state index is 11.5. The number of likely N-dealkylation sites (tertiary alicyclic amines) is 1. The lowest BCUT2D eigenvalue weighted by Gasteiger charge is -2.16. The van der Waals surface area contributed by atoms with Crippen LogP contribution in [-0.4, -0.2) is 33.4 Å². The van der Waals surface area contributed by atoms with Gasteiger partial charge in [0.1, 0.15) is 4.38 Å². The fourth-order valence-corrected chi connectivity index (χ4v) is 4.24. The molecule has 2 amide bonds. The average Bonchev–Trinajstić information content (AvgIpc) is 2.79. The van der Waals surface area contributed by atoms with E-state index in [-0.39, 0.29) is 11.8 Å². The van der Waals surface area contributed by atoms with Gasteiger partial charge in [-0.1, -0.05) is 41.7 Å². The van der Waals surface area contributed by atoms with Gasteiger partial charge in [0.25, 0.3) is 0 Å². The van der Waals surface area contributed by atoms with Crippen LogP contribution in [-0.2, 0) is 15.3 Å². The lowest BCUT2D eigenvalue weighted by atomic mass is 10.2. The normalized spacial score (nSPS) is 18.2. The van der Waals surface area contributed by atoms with Gasteiger partial charge >= 0.3 is 0 Å². The van der Waals surface area contributed by atoms with Crippen LogP contribution in [0.25, 0.3) is 0 Å². The summed E-state index contributed by atoms with van der Waals surface area (Å²) in [6, 6.07) is 8.12. The van der Waals surface area contributed by atoms with Gasteiger partial charge in [-0.3, -0.25) is 14.5 Å². The Morgan fingerprint density at radius 3 is 2.75 bits per heavy atom. The van der Waals surface area contributed by atoms with Crippen LogP contribution in [0.1, 0.15) is 18.4 Å². The highest BCUT2D eigenvalue weighted by atomic mass is 32.2. The van der Waals surface area contributed by atoms with Gasteiger partial charge in [-0.05, 0) is 11.6 Å². The Morgan fingerprint density at radius 1 is 1.20 bits per heavy atom. The molecule has 1 aromatic carbocycles. The van der Waals surface area contributed by atoms with E-state index >= 15 is 0 Å². The minimum absolute atomic E-state index is 0.0424. The molecule has 1 fully saturated rings. The molecule has 20 heavy (non-hydrogen) atoms. The van der Waals surface area contributed by atoms with Gasteiger partial charge < -0.3 is 0 Å². The van der Waals surface area contributed by atoms with E-state index in [0.717, 1.165) is 15.8 Å². The van der Waals surface area contributed by atoms with Crippen molar-refractivity contribution in [2.24, 2.45) is 4.99 Å². The summed E-state index contributed by atoms with van der Waals surface area (Å²) in [6.07, 6.45) is 0.735. The Labute approximate surface area is 126 Å². The molecule has 0 unspecified atom stereocenters. The van der Waals surface area contributed by atoms with Gasteiger partial charge in [0, 0.05) is 30.9 Å². The van der Waals surface area contributed by atoms with Crippen LogP contribution >= 0.6 is 23.5 Å². The molecule has 2 aliphatic rings. The summed E-state index contributed by atoms with van der Waals surface area (Å²) in [6.45, 7) is 0.490. The van der Waals surface area contributed by atoms with E-state index in [0.29, 0.717) is 25.1 Å². The van der Waals surface area contributed by atoms with E-state index in [2.05, 4.69) is 11.1 Å². The van der Waals surface area contributed by atoms with Crippen molar-refractivity contribution in [3.8, 4) is 0 Å². The van der Waals surface area contributed by atoms with E-state index in [4.69, 9.17) is 0 Å². The van der Waals surface area contributed by atoms with Crippen molar-refractivity contribution < 1.29 is 9.59 Å². The summed E-state index contributed by atoms with van der Waals surface area (Å²) in [5, 5.41) is 0. The van der Waals surface area contributed by atoms with Crippen molar-refractivity contribution in [1.29, 1.82) is 0 Å². The molecule has 0 saturated carbocycles. The van der Waals surface area contributed by atoms with Crippen molar-refractivity contribution in [2.45, 2.75) is 18.6 Å². The Hall–Kier alpha value is -1.27. The number of rotatable bonds is 3. The zero-order valence-corrected chi connectivity index (χ0v) is 12.5. The fourth-order valence-electron chi connectivity index (χ4n) is 2.18. The molecule has 0 aliphatic carbocycles. The number of imide groups is 1. The number of fused-ring (bicyclic) bond motifs is 1. The van der Waals surface area contributed by atoms with Crippen molar-refractivity contribution in [1.82, 2.24) is 4.90 Å². The first-order chi connectivity index (χ1) is 9.74. The number of benzene rings is 1. The molecule has 104 valence electrons. The van der Waals surface area contributed by atoms with Crippen LogP contribution in [0.3, 0.4) is 0 Å². The monoisotopic (exact) mass is 306 g/mol. The number of hydrogen-bond donors (Lipinski definition) is 0. The predicted octanol–water partition coefficient (Wildman–Crippen LogP) is 2.80. The van der Waals surface area contributed by atoms with Crippen LogP contribution in [0.5, 0.6) is 0 Å². The first-order valence-corrected chi connectivity index (χ1v) is 8.46. The van der Waals surface area contributed by atoms with E-state index in [1.54, 1.807) is 23.5 Å². The number of hydrogen-bond acceptors (Lipinski definition) is 5. The van der Waals surface area contributed by atoms with E-state index in [1.165, 1.54) is 10.5 Å². The number of amides is 2. The number of aliphatic imine (C=N–C) groups is 1. The van der Waals surface area contributed by atoms with Crippen LogP contribution in [0.15, 0.2) is 29.3 Å². The molecule has 1 aromatic rings. The topological polar surface area (TPSA) is 49.7 Å². The SMILES string of the molecule is O=C1CCC(=O)N1CCSC1=Nc2ccccc2CS1. The molecular formula is C14H14N2O2S2. The van der Waals surface area contributed by atoms with Crippen LogP contribution < -0.4 is 0 Å². The minimum atomic E-state index is -0.0424. The van der Waals surface area contributed by atoms with Crippen molar-refractivity contribution >= 4 is 45.4 Å². The van der Waals surface area contributed by atoms with Crippen molar-refractivity contribution in [3.05, 3.63) is 29.8 Å². The lowest BCUT2D eigenvalue weighted by Crippen LogP contribution is -2.31. The zero-order chi connectivity index (χ0) is 13.9. The van der Waals surface area contributed by atoms with Gasteiger partial charge in [-0.15, -0.1) is 0 Å². The molecule has 0 atom stereocenters. The summed E-state index contributed by atoms with van der Waals surface area (Å²) in [4.78, 5) is 29.0. The molecule has 0 bridgehead atoms. The van der Waals surface area contributed by atoms with E-state index < -0.39 is 0 Å². The van der Waals surface area contributed by atoms with Gasteiger partial charge in [0.15, 0.2) is 0 Å². The van der Waals surface area contributed by atoms with Gasteiger partial charge in [-0.25, -0.2) is 4.99 Å². The second kappa shape index (κ2) is 6.01. The molecule has 0 spiro atoms. The second-order valence-electron chi connectivity index (χ2n) is 4.58. The summed E-state index contributed by atoms with van der Waals surface area (Å²) in [5.41, 5.74) is 2.29. The molecule has 0 N–H and O–H groups in total. The van der Waals surface area contributed by atoms with E-state index in [9.17, 15) is 9.59 Å². The molecule has 0 aromatic heterocycles. The molecular weight excluding hydrogens is 292 g/mol. The molecule has 2 aliphatic heterocycles. The van der Waals surface area contributed by atoms with Crippen molar-refractivity contribution in [2.75, 3.05) is 12.3 Å². The molecule has 6 heteroatoms. The third-order valence-corrected chi connectivity index (χ3v) is 5.48. The predicted molar refractivity (Wildman–Crippen MR) is 83.2 cm³/mol. The highest BCUT2D eigenvalue weighted by Crippen LogP contribution is 2.34. The smallest absolute Gasteiger partial charge is 0.229 e. The van der Waals surface area contributed by atoms with Crippen LogP contribution in [0.4, 0.5) is 5.69 Å². The molecule has 4 nitrogen and oxygen atoms in total. The van der Waals surface area contributed by atoms with Crippen LogP contribution in [0.2, 0.25) is 0 Å². The third kappa shape index (κ3) is 2.91. The molecule has 2 heterocycles. The molecule has 1 saturated heterocycles. The summed E-state index contributed by atoms with van der Waals surface area (Å²) in [5.74, 6) is 1.56. The maximum Gasteiger partial charge on any atom is 0.229 e. The first kappa shape index (κ1) is 13.7. The Morgan fingerprint density at radius 2 is 1.95 bits per heavy atom. The zero-order valence-electron chi connectivity index (χ0n) is 10.9. The number of thioether (sulfide) groups is 2. The van der Waals surface area contributed by atoms with Crippen LogP contribution in [0, 0.1) is 0 Å². The highest BCUT2D eigenvalue weighted by molar-refractivity contribution is 8.38. The second-order valence-corrected chi connectivity index (χ2v) is 6.89. The summed E-state index contributed by atoms with van der Waals surface area (Å²) < 4.78 is 1.02. The molecule has 3 rings (SSSR count). The Balaban J connectivity index is 1.56. The average molecular weight is 306 g/mol. The first-order valence-electron chi connectivity index (χ1n) is 6.49. The third-order valence-electron chi connectivity index (χ3n) is 3.25. The molecule has 0 radical (unpaired) electrons. The van der Waals surface area contributed by atoms with Gasteiger partial charge in [0.2, 0.25) is 11.8 Å². The number of carbonyl (C=O) groups excluding carboxylic acids is 2. The lowest BCUT2D eigenvalue weighted by molar-refractivity contribution is -0.137. The Kier molecular flexibility index (Phi) is 4.12. The number of nitrogens with zero attached hydrogens (tertiary/aromatic N) is 2. The maximum atomic E-state index is 11.5. The highest BCUT2D eigenvalue weighted by Gasteiger charge is 2.28. The van der Waals surface area contributed by atoms with E-state index in [1.807, 2.05) is 18.2 Å².